The van der Waals surface area contributed by atoms with Gasteiger partial charge in [0.05, 0.1) is 5.56 Å². The van der Waals surface area contributed by atoms with Crippen LogP contribution in [-0.2, 0) is 15.1 Å². The van der Waals surface area contributed by atoms with E-state index in [1.807, 2.05) is 79.8 Å². The van der Waals surface area contributed by atoms with Gasteiger partial charge in [-0.3, -0.25) is 4.79 Å². The molecule has 1 N–H and O–H groups in total. The van der Waals surface area contributed by atoms with E-state index in [0.29, 0.717) is 28.3 Å². The van der Waals surface area contributed by atoms with Crippen LogP contribution in [-0.4, -0.2) is 18.9 Å². The summed E-state index contributed by atoms with van der Waals surface area (Å²) in [6, 6.07) is 28.8. The molecule has 0 aliphatic carbocycles. The largest absolute Gasteiger partial charge is 0.456 e. The van der Waals surface area contributed by atoms with E-state index >= 15 is 0 Å². The summed E-state index contributed by atoms with van der Waals surface area (Å²) in [7, 11) is 1.99. The van der Waals surface area contributed by atoms with Gasteiger partial charge in [0.15, 0.2) is 5.60 Å². The van der Waals surface area contributed by atoms with Gasteiger partial charge in [-0.1, -0.05) is 36.4 Å². The van der Waals surface area contributed by atoms with Crippen molar-refractivity contribution in [3.8, 4) is 11.5 Å². The number of hydrogen-bond donors (Lipinski definition) is 1. The lowest BCUT2D eigenvalue weighted by molar-refractivity contribution is -0.114. The normalized spacial score (nSPS) is 17.0. The SMILES string of the molecule is CC(=O)Nc1ccc2c(c1)C1(OC(=O)c3ccccc31)c1ccc(N(C)c3ccccc3)cc1O2. The topological polar surface area (TPSA) is 67.9 Å². The number of amides is 1. The monoisotopic (exact) mass is 462 g/mol. The molecule has 1 amide bonds. The number of hydrogen-bond acceptors (Lipinski definition) is 5. The van der Waals surface area contributed by atoms with E-state index in [-0.39, 0.29) is 5.91 Å². The molecule has 0 aromatic heterocycles. The lowest BCUT2D eigenvalue weighted by Gasteiger charge is -2.37. The van der Waals surface area contributed by atoms with Crippen molar-refractivity contribution in [1.82, 2.24) is 0 Å². The van der Waals surface area contributed by atoms with Crippen molar-refractivity contribution in [3.05, 3.63) is 113 Å². The molecule has 1 spiro atoms. The minimum Gasteiger partial charge on any atom is -0.456 e. The van der Waals surface area contributed by atoms with Crippen molar-refractivity contribution in [2.75, 3.05) is 17.3 Å². The quantitative estimate of drug-likeness (QED) is 0.379. The zero-order valence-corrected chi connectivity index (χ0v) is 19.2. The average molecular weight is 463 g/mol. The highest BCUT2D eigenvalue weighted by molar-refractivity contribution is 5.97. The van der Waals surface area contributed by atoms with Crippen molar-refractivity contribution < 1.29 is 19.1 Å². The van der Waals surface area contributed by atoms with Crippen LogP contribution >= 0.6 is 0 Å². The molecule has 2 aliphatic heterocycles. The molecule has 0 fully saturated rings. The Bertz CT molecular complexity index is 1500. The van der Waals surface area contributed by atoms with E-state index in [4.69, 9.17) is 9.47 Å². The van der Waals surface area contributed by atoms with Crippen molar-refractivity contribution in [3.63, 3.8) is 0 Å². The number of anilines is 3. The maximum Gasteiger partial charge on any atom is 0.340 e. The number of carbonyl (C=O) groups excluding carboxylic acids is 2. The lowest BCUT2D eigenvalue weighted by Crippen LogP contribution is -2.33. The molecule has 0 saturated carbocycles. The number of fused-ring (bicyclic) bond motifs is 6. The Kier molecular flexibility index (Phi) is 4.64. The minimum atomic E-state index is -1.19. The number of ether oxygens (including phenoxy) is 2. The number of carbonyl (C=O) groups is 2. The summed E-state index contributed by atoms with van der Waals surface area (Å²) in [5, 5.41) is 2.82. The first-order chi connectivity index (χ1) is 17.0. The first-order valence-corrected chi connectivity index (χ1v) is 11.3. The zero-order chi connectivity index (χ0) is 24.2. The predicted octanol–water partition coefficient (Wildman–Crippen LogP) is 5.98. The van der Waals surface area contributed by atoms with E-state index in [1.165, 1.54) is 6.92 Å². The maximum atomic E-state index is 13.0. The van der Waals surface area contributed by atoms with Crippen LogP contribution in [0.3, 0.4) is 0 Å². The third-order valence-electron chi connectivity index (χ3n) is 6.55. The van der Waals surface area contributed by atoms with Gasteiger partial charge >= 0.3 is 5.97 Å². The summed E-state index contributed by atoms with van der Waals surface area (Å²) < 4.78 is 12.6. The molecule has 1 atom stereocenters. The van der Waals surface area contributed by atoms with E-state index in [1.54, 1.807) is 18.2 Å². The van der Waals surface area contributed by atoms with Crippen LogP contribution in [0.5, 0.6) is 11.5 Å². The summed E-state index contributed by atoms with van der Waals surface area (Å²) in [6.45, 7) is 1.46. The second-order valence-electron chi connectivity index (χ2n) is 8.69. The summed E-state index contributed by atoms with van der Waals surface area (Å²) in [4.78, 5) is 26.8. The fraction of sp³-hybridized carbons (Fsp3) is 0.103. The lowest BCUT2D eigenvalue weighted by atomic mass is 9.77. The molecule has 0 bridgehead atoms. The van der Waals surface area contributed by atoms with Gasteiger partial charge in [0.25, 0.3) is 0 Å². The van der Waals surface area contributed by atoms with E-state index in [9.17, 15) is 9.59 Å². The Morgan fingerprint density at radius 1 is 0.800 bits per heavy atom. The Morgan fingerprint density at radius 2 is 1.57 bits per heavy atom. The fourth-order valence-electron chi connectivity index (χ4n) is 4.95. The van der Waals surface area contributed by atoms with Crippen molar-refractivity contribution in [2.45, 2.75) is 12.5 Å². The van der Waals surface area contributed by atoms with Crippen LogP contribution in [0.15, 0.2) is 91.0 Å². The van der Waals surface area contributed by atoms with Crippen LogP contribution in [0.1, 0.15) is 34.0 Å². The van der Waals surface area contributed by atoms with Gasteiger partial charge in [0.2, 0.25) is 5.91 Å². The van der Waals surface area contributed by atoms with Crippen molar-refractivity contribution in [1.29, 1.82) is 0 Å². The molecule has 172 valence electrons. The van der Waals surface area contributed by atoms with Gasteiger partial charge in [-0.2, -0.15) is 0 Å². The Labute approximate surface area is 202 Å². The van der Waals surface area contributed by atoms with Crippen LogP contribution in [0, 0.1) is 0 Å². The van der Waals surface area contributed by atoms with E-state index < -0.39 is 11.6 Å². The first-order valence-electron chi connectivity index (χ1n) is 11.3. The van der Waals surface area contributed by atoms with E-state index in [0.717, 1.165) is 22.5 Å². The van der Waals surface area contributed by atoms with Gasteiger partial charge in [-0.15, -0.1) is 0 Å². The van der Waals surface area contributed by atoms with Crippen LogP contribution in [0.4, 0.5) is 17.1 Å². The number of benzene rings is 4. The van der Waals surface area contributed by atoms with Crippen LogP contribution in [0.2, 0.25) is 0 Å². The van der Waals surface area contributed by atoms with Crippen LogP contribution < -0.4 is 15.0 Å². The smallest absolute Gasteiger partial charge is 0.340 e. The van der Waals surface area contributed by atoms with Gasteiger partial charge in [0.1, 0.15) is 11.5 Å². The highest BCUT2D eigenvalue weighted by Gasteiger charge is 2.53. The molecule has 2 heterocycles. The summed E-state index contributed by atoms with van der Waals surface area (Å²) >= 11 is 0. The van der Waals surface area contributed by atoms with Crippen LogP contribution in [0.25, 0.3) is 0 Å². The molecular weight excluding hydrogens is 440 g/mol. The highest BCUT2D eigenvalue weighted by atomic mass is 16.6. The van der Waals surface area contributed by atoms with Gasteiger partial charge in [-0.25, -0.2) is 4.79 Å². The van der Waals surface area contributed by atoms with E-state index in [2.05, 4.69) is 10.2 Å². The number of nitrogens with one attached hydrogen (secondary N) is 1. The molecule has 0 radical (unpaired) electrons. The molecule has 2 aliphatic rings. The summed E-state index contributed by atoms with van der Waals surface area (Å²) in [5.74, 6) is 0.591. The second-order valence-corrected chi connectivity index (χ2v) is 8.69. The Hall–Kier alpha value is -4.58. The molecule has 6 rings (SSSR count). The standard InChI is InChI=1S/C29H22N2O4/c1-18(32)30-19-12-15-26-25(16-19)29(23-11-7-6-10-22(23)28(33)35-29)24-14-13-21(17-27(24)34-26)31(2)20-8-4-3-5-9-20/h3-17H,1-2H3,(H,30,32). The molecule has 35 heavy (non-hydrogen) atoms. The summed E-state index contributed by atoms with van der Waals surface area (Å²) in [5.41, 5.74) is 4.05. The Balaban J connectivity index is 1.56. The molecular formula is C29H22N2O4. The van der Waals surface area contributed by atoms with Crippen molar-refractivity contribution in [2.24, 2.45) is 0 Å². The molecule has 1 unspecified atom stereocenters. The summed E-state index contributed by atoms with van der Waals surface area (Å²) in [6.07, 6.45) is 0. The molecule has 6 heteroatoms. The predicted molar refractivity (Wildman–Crippen MR) is 134 cm³/mol. The van der Waals surface area contributed by atoms with Gasteiger partial charge in [-0.05, 0) is 48.5 Å². The molecule has 4 aromatic rings. The maximum absolute atomic E-state index is 13.0. The van der Waals surface area contributed by atoms with Gasteiger partial charge < -0.3 is 19.7 Å². The highest BCUT2D eigenvalue weighted by Crippen LogP contribution is 2.57. The first kappa shape index (κ1) is 21.0. The molecule has 6 nitrogen and oxygen atoms in total. The zero-order valence-electron chi connectivity index (χ0n) is 19.2. The fourth-order valence-corrected chi connectivity index (χ4v) is 4.95. The second kappa shape index (κ2) is 7.74. The number of para-hydroxylation sites is 1. The molecule has 4 aromatic carbocycles. The third-order valence-corrected chi connectivity index (χ3v) is 6.55. The van der Waals surface area contributed by atoms with Gasteiger partial charge in [0, 0.05) is 53.8 Å². The average Bonchev–Trinajstić information content (AvgIpc) is 3.17. The number of rotatable bonds is 3. The number of esters is 1. The number of nitrogens with zero attached hydrogens (tertiary/aromatic N) is 1. The third kappa shape index (κ3) is 3.18. The minimum absolute atomic E-state index is 0.187. The Morgan fingerprint density at radius 3 is 2.37 bits per heavy atom. The van der Waals surface area contributed by atoms with Crippen molar-refractivity contribution >= 4 is 28.9 Å². The molecule has 0 saturated heterocycles.